The minimum atomic E-state index is -0.565. The molecule has 2 aromatic rings. The van der Waals surface area contributed by atoms with Crippen molar-refractivity contribution in [3.8, 4) is 0 Å². The second-order valence-electron chi connectivity index (χ2n) is 9.90. The van der Waals surface area contributed by atoms with E-state index in [0.717, 1.165) is 51.6 Å². The molecule has 34 heavy (non-hydrogen) atoms. The van der Waals surface area contributed by atoms with Gasteiger partial charge in [0.05, 0.1) is 36.4 Å². The molecule has 1 atom stereocenters. The van der Waals surface area contributed by atoms with E-state index in [4.69, 9.17) is 9.47 Å². The lowest BCUT2D eigenvalue weighted by Gasteiger charge is -2.53. The van der Waals surface area contributed by atoms with Crippen LogP contribution in [0, 0.1) is 17.0 Å². The van der Waals surface area contributed by atoms with Crippen LogP contribution in [0.15, 0.2) is 24.4 Å². The number of anilines is 4. The number of benzene rings is 1. The summed E-state index contributed by atoms with van der Waals surface area (Å²) in [7, 11) is 0. The quantitative estimate of drug-likeness (QED) is 0.712. The maximum Gasteiger partial charge on any atom is 0.256 e. The number of carbonyl (C=O) groups is 1. The van der Waals surface area contributed by atoms with Gasteiger partial charge < -0.3 is 24.6 Å². The average molecular weight is 471 g/mol. The molecule has 0 aliphatic carbocycles. The molecule has 0 saturated carbocycles. The molecule has 9 heteroatoms. The number of amides is 1. The molecule has 3 saturated heterocycles. The van der Waals surface area contributed by atoms with Crippen LogP contribution in [0.25, 0.3) is 0 Å². The molecule has 180 valence electrons. The summed E-state index contributed by atoms with van der Waals surface area (Å²) in [5.74, 6) is -0.639. The SMILES string of the molecule is O=C([C@H]1CCCCO1)N1Cc2cc(F)cnc2Nc2cc(F)c(N3CC4(CCCOC4)C3)cc21. The Bertz CT molecular complexity index is 1110. The highest BCUT2D eigenvalue weighted by molar-refractivity contribution is 6.01. The number of carbonyl (C=O) groups excluding carboxylic acids is 1. The Balaban J connectivity index is 1.37. The van der Waals surface area contributed by atoms with Crippen LogP contribution < -0.4 is 15.1 Å². The first-order valence-corrected chi connectivity index (χ1v) is 12.0. The summed E-state index contributed by atoms with van der Waals surface area (Å²) in [4.78, 5) is 21.3. The summed E-state index contributed by atoms with van der Waals surface area (Å²) in [6.45, 7) is 3.60. The van der Waals surface area contributed by atoms with Gasteiger partial charge in [-0.15, -0.1) is 0 Å². The normalized spacial score (nSPS) is 23.4. The van der Waals surface area contributed by atoms with Crippen LogP contribution in [-0.2, 0) is 20.8 Å². The summed E-state index contributed by atoms with van der Waals surface area (Å²) in [5, 5.41) is 3.13. The molecule has 7 nitrogen and oxygen atoms in total. The van der Waals surface area contributed by atoms with E-state index >= 15 is 4.39 Å². The van der Waals surface area contributed by atoms with Gasteiger partial charge in [0.25, 0.3) is 5.91 Å². The van der Waals surface area contributed by atoms with E-state index in [1.807, 2.05) is 4.90 Å². The van der Waals surface area contributed by atoms with Gasteiger partial charge in [-0.1, -0.05) is 0 Å². The zero-order valence-electron chi connectivity index (χ0n) is 19.0. The van der Waals surface area contributed by atoms with Gasteiger partial charge in [-0.25, -0.2) is 13.8 Å². The fourth-order valence-corrected chi connectivity index (χ4v) is 5.61. The summed E-state index contributed by atoms with van der Waals surface area (Å²) in [6.07, 6.45) is 5.12. The van der Waals surface area contributed by atoms with Gasteiger partial charge in [0, 0.05) is 43.3 Å². The lowest BCUT2D eigenvalue weighted by molar-refractivity contribution is -0.132. The Morgan fingerprint density at radius 2 is 2.00 bits per heavy atom. The average Bonchev–Trinajstić information content (AvgIpc) is 2.98. The van der Waals surface area contributed by atoms with Crippen LogP contribution in [0.3, 0.4) is 0 Å². The van der Waals surface area contributed by atoms with Crippen molar-refractivity contribution in [2.75, 3.05) is 48.0 Å². The number of rotatable bonds is 2. The molecule has 1 amide bonds. The summed E-state index contributed by atoms with van der Waals surface area (Å²) < 4.78 is 40.8. The van der Waals surface area contributed by atoms with E-state index in [0.29, 0.717) is 48.1 Å². The number of fused-ring (bicyclic) bond motifs is 2. The van der Waals surface area contributed by atoms with Crippen LogP contribution >= 0.6 is 0 Å². The second-order valence-corrected chi connectivity index (χ2v) is 9.90. The summed E-state index contributed by atoms with van der Waals surface area (Å²) in [5.41, 5.74) is 2.06. The first-order chi connectivity index (χ1) is 16.5. The van der Waals surface area contributed by atoms with Gasteiger partial charge in [-0.2, -0.15) is 0 Å². The fraction of sp³-hybridized carbons (Fsp3) is 0.520. The van der Waals surface area contributed by atoms with Crippen molar-refractivity contribution in [3.05, 3.63) is 41.6 Å². The lowest BCUT2D eigenvalue weighted by Crippen LogP contribution is -2.60. The summed E-state index contributed by atoms with van der Waals surface area (Å²) in [6, 6.07) is 4.51. The molecule has 1 spiro atoms. The van der Waals surface area contributed by atoms with Gasteiger partial charge in [-0.05, 0) is 44.2 Å². The number of hydrogen-bond donors (Lipinski definition) is 1. The highest BCUT2D eigenvalue weighted by Gasteiger charge is 2.45. The number of ether oxygens (including phenoxy) is 2. The first-order valence-electron chi connectivity index (χ1n) is 12.0. The van der Waals surface area contributed by atoms with E-state index in [2.05, 4.69) is 10.3 Å². The molecule has 1 N–H and O–H groups in total. The van der Waals surface area contributed by atoms with E-state index in [1.165, 1.54) is 12.1 Å². The topological polar surface area (TPSA) is 66.9 Å². The van der Waals surface area contributed by atoms with Crippen LogP contribution in [0.4, 0.5) is 31.7 Å². The second kappa shape index (κ2) is 8.46. The highest BCUT2D eigenvalue weighted by atomic mass is 19.1. The van der Waals surface area contributed by atoms with Crippen molar-refractivity contribution < 1.29 is 23.0 Å². The zero-order valence-corrected chi connectivity index (χ0v) is 19.0. The largest absolute Gasteiger partial charge is 0.381 e. The van der Waals surface area contributed by atoms with Crippen LogP contribution in [0.1, 0.15) is 37.7 Å². The monoisotopic (exact) mass is 470 g/mol. The van der Waals surface area contributed by atoms with Crippen molar-refractivity contribution in [1.29, 1.82) is 0 Å². The predicted octanol–water partition coefficient (Wildman–Crippen LogP) is 4.14. The lowest BCUT2D eigenvalue weighted by atomic mass is 9.75. The molecule has 6 rings (SSSR count). The van der Waals surface area contributed by atoms with Gasteiger partial charge in [-0.3, -0.25) is 4.79 Å². The smallest absolute Gasteiger partial charge is 0.256 e. The van der Waals surface area contributed by atoms with Crippen LogP contribution in [0.5, 0.6) is 0 Å². The molecular weight excluding hydrogens is 442 g/mol. The van der Waals surface area contributed by atoms with Gasteiger partial charge >= 0.3 is 0 Å². The van der Waals surface area contributed by atoms with Gasteiger partial charge in [0.15, 0.2) is 0 Å². The van der Waals surface area contributed by atoms with Crippen molar-refractivity contribution in [3.63, 3.8) is 0 Å². The van der Waals surface area contributed by atoms with Crippen molar-refractivity contribution >= 4 is 28.8 Å². The van der Waals surface area contributed by atoms with E-state index in [1.54, 1.807) is 11.0 Å². The van der Waals surface area contributed by atoms with E-state index in [-0.39, 0.29) is 23.7 Å². The molecule has 4 aliphatic rings. The Labute approximate surface area is 197 Å². The predicted molar refractivity (Wildman–Crippen MR) is 123 cm³/mol. The van der Waals surface area contributed by atoms with Gasteiger partial charge in [0.2, 0.25) is 0 Å². The zero-order chi connectivity index (χ0) is 23.3. The van der Waals surface area contributed by atoms with Crippen molar-refractivity contribution in [1.82, 2.24) is 4.98 Å². The number of nitrogens with one attached hydrogen (secondary N) is 1. The third kappa shape index (κ3) is 3.80. The highest BCUT2D eigenvalue weighted by Crippen LogP contribution is 2.45. The van der Waals surface area contributed by atoms with Crippen molar-refractivity contribution in [2.45, 2.75) is 44.8 Å². The number of pyridine rings is 1. The Morgan fingerprint density at radius 3 is 2.76 bits per heavy atom. The first kappa shape index (κ1) is 21.7. The minimum Gasteiger partial charge on any atom is -0.381 e. The maximum atomic E-state index is 15.3. The fourth-order valence-electron chi connectivity index (χ4n) is 5.61. The molecule has 1 aromatic carbocycles. The van der Waals surface area contributed by atoms with Gasteiger partial charge in [0.1, 0.15) is 23.6 Å². The third-order valence-electron chi connectivity index (χ3n) is 7.39. The summed E-state index contributed by atoms with van der Waals surface area (Å²) >= 11 is 0. The Hall–Kier alpha value is -2.78. The third-order valence-corrected chi connectivity index (χ3v) is 7.39. The Morgan fingerprint density at radius 1 is 1.12 bits per heavy atom. The van der Waals surface area contributed by atoms with Crippen molar-refractivity contribution in [2.24, 2.45) is 5.41 Å². The minimum absolute atomic E-state index is 0.0822. The molecule has 0 radical (unpaired) electrons. The molecule has 5 heterocycles. The Kier molecular flexibility index (Phi) is 5.41. The molecule has 1 aromatic heterocycles. The standard InChI is InChI=1S/C25H28F2N4O3/c26-17-8-16-12-31(24(32)22-4-1-2-7-34-22)21-10-20(18(27)9-19(21)29-23(16)28-11-17)30-13-25(14-30)5-3-6-33-15-25/h8-11,22H,1-7,12-15H2,(H,28,29)/t22-/m1/s1. The molecular formula is C25H28F2N4O3. The molecule has 0 bridgehead atoms. The number of aromatic nitrogens is 1. The van der Waals surface area contributed by atoms with E-state index in [9.17, 15) is 9.18 Å². The van der Waals surface area contributed by atoms with Crippen LogP contribution in [-0.4, -0.2) is 49.9 Å². The molecule has 0 unspecified atom stereocenters. The van der Waals surface area contributed by atoms with Crippen LogP contribution in [0.2, 0.25) is 0 Å². The van der Waals surface area contributed by atoms with E-state index < -0.39 is 11.9 Å². The molecule has 3 fully saturated rings. The number of nitrogens with zero attached hydrogens (tertiary/aromatic N) is 3. The number of hydrogen-bond acceptors (Lipinski definition) is 6. The maximum absolute atomic E-state index is 15.3. The molecule has 4 aliphatic heterocycles. The number of halogens is 2.